The van der Waals surface area contributed by atoms with E-state index in [4.69, 9.17) is 4.74 Å². The Morgan fingerprint density at radius 1 is 1.00 bits per heavy atom. The number of ketones is 1. The van der Waals surface area contributed by atoms with Gasteiger partial charge in [0.05, 0.1) is 17.1 Å². The van der Waals surface area contributed by atoms with E-state index in [1.807, 2.05) is 6.92 Å². The van der Waals surface area contributed by atoms with Gasteiger partial charge in [0.1, 0.15) is 0 Å². The van der Waals surface area contributed by atoms with Crippen molar-refractivity contribution in [3.8, 4) is 0 Å². The largest absolute Gasteiger partial charge is 0.454 e. The number of aryl methyl sites for hydroxylation is 1. The topological polar surface area (TPSA) is 107 Å². The maximum Gasteiger partial charge on any atom is 0.307 e. The van der Waals surface area contributed by atoms with Crippen molar-refractivity contribution < 1.29 is 27.5 Å². The Morgan fingerprint density at radius 2 is 1.59 bits per heavy atom. The van der Waals surface area contributed by atoms with E-state index in [2.05, 4.69) is 5.32 Å². The van der Waals surface area contributed by atoms with Crippen molar-refractivity contribution in [2.45, 2.75) is 38.2 Å². The minimum absolute atomic E-state index is 0.138. The fraction of sp³-hybridized carbons (Fsp3) is 0.286. The summed E-state index contributed by atoms with van der Waals surface area (Å²) >= 11 is 0. The molecule has 0 aromatic heterocycles. The molecule has 2 aromatic carbocycles. The Kier molecular flexibility index (Phi) is 7.28. The highest BCUT2D eigenvalue weighted by Gasteiger charge is 2.22. The number of nitrogens with one attached hydrogen (secondary N) is 1. The molecule has 7 nitrogen and oxygen atoms in total. The number of Topliss-reactive ketones (excluding diaryl/α,β-unsaturated/α-hetero) is 1. The fourth-order valence-corrected chi connectivity index (χ4v) is 3.77. The highest BCUT2D eigenvalue weighted by molar-refractivity contribution is 7.91. The zero-order valence-electron chi connectivity index (χ0n) is 16.5. The maximum absolute atomic E-state index is 12.4. The standard InChI is InChI=1S/C21H23NO6S/c1-14-4-10-19(11-5-14)29(26,27)13-12-20(24)28-15(2)21(25)17-6-8-18(9-7-17)22-16(3)23/h4-11,15H,12-13H2,1-3H3,(H,22,23)/t15-/m0/s1. The second kappa shape index (κ2) is 9.47. The van der Waals surface area contributed by atoms with Crippen LogP contribution in [0.5, 0.6) is 0 Å². The number of sulfone groups is 1. The molecule has 0 aliphatic rings. The molecule has 0 radical (unpaired) electrons. The molecular weight excluding hydrogens is 394 g/mol. The molecule has 2 aromatic rings. The van der Waals surface area contributed by atoms with Crippen molar-refractivity contribution in [2.75, 3.05) is 11.1 Å². The average Bonchev–Trinajstić information content (AvgIpc) is 2.66. The summed E-state index contributed by atoms with van der Waals surface area (Å²) in [6.07, 6.45) is -1.41. The minimum atomic E-state index is -3.62. The number of benzene rings is 2. The first-order valence-corrected chi connectivity index (χ1v) is 10.6. The van der Waals surface area contributed by atoms with Crippen molar-refractivity contribution in [1.82, 2.24) is 0 Å². The number of esters is 1. The summed E-state index contributed by atoms with van der Waals surface area (Å²) in [5.74, 6) is -1.82. The van der Waals surface area contributed by atoms with Gasteiger partial charge in [-0.05, 0) is 50.2 Å². The third kappa shape index (κ3) is 6.53. The molecule has 1 N–H and O–H groups in total. The van der Waals surface area contributed by atoms with E-state index in [-0.39, 0.29) is 17.2 Å². The third-order valence-corrected chi connectivity index (χ3v) is 5.85. The predicted octanol–water partition coefficient (Wildman–Crippen LogP) is 2.93. The molecule has 1 atom stereocenters. The first-order valence-electron chi connectivity index (χ1n) is 8.99. The van der Waals surface area contributed by atoms with Crippen molar-refractivity contribution in [2.24, 2.45) is 0 Å². The van der Waals surface area contributed by atoms with Gasteiger partial charge in [0.2, 0.25) is 11.7 Å². The van der Waals surface area contributed by atoms with Crippen LogP contribution in [0.1, 0.15) is 36.2 Å². The van der Waals surface area contributed by atoms with Crippen LogP contribution in [0.15, 0.2) is 53.4 Å². The molecule has 0 saturated heterocycles. The van der Waals surface area contributed by atoms with Crippen LogP contribution in [-0.4, -0.2) is 37.9 Å². The van der Waals surface area contributed by atoms with E-state index in [1.54, 1.807) is 24.3 Å². The lowest BCUT2D eigenvalue weighted by molar-refractivity contribution is -0.145. The van der Waals surface area contributed by atoms with Crippen LogP contribution in [0, 0.1) is 6.92 Å². The SMILES string of the molecule is CC(=O)Nc1ccc(C(=O)[C@H](C)OC(=O)CCS(=O)(=O)c2ccc(C)cc2)cc1. The van der Waals surface area contributed by atoms with Crippen LogP contribution in [-0.2, 0) is 24.2 Å². The van der Waals surface area contributed by atoms with Crippen LogP contribution in [0.4, 0.5) is 5.69 Å². The number of carbonyl (C=O) groups is 3. The fourth-order valence-electron chi connectivity index (χ4n) is 2.55. The number of anilines is 1. The number of rotatable bonds is 8. The zero-order chi connectivity index (χ0) is 21.6. The molecular formula is C21H23NO6S. The Morgan fingerprint density at radius 3 is 2.14 bits per heavy atom. The van der Waals surface area contributed by atoms with Crippen LogP contribution in [0.2, 0.25) is 0 Å². The Bertz CT molecular complexity index is 994. The van der Waals surface area contributed by atoms with Crippen molar-refractivity contribution >= 4 is 33.2 Å². The maximum atomic E-state index is 12.4. The molecule has 154 valence electrons. The predicted molar refractivity (Wildman–Crippen MR) is 108 cm³/mol. The highest BCUT2D eigenvalue weighted by atomic mass is 32.2. The molecule has 1 amide bonds. The molecule has 0 aliphatic heterocycles. The second-order valence-electron chi connectivity index (χ2n) is 6.64. The lowest BCUT2D eigenvalue weighted by Crippen LogP contribution is -2.25. The molecule has 0 saturated carbocycles. The van der Waals surface area contributed by atoms with Crippen LogP contribution in [0.25, 0.3) is 0 Å². The number of ether oxygens (including phenoxy) is 1. The highest BCUT2D eigenvalue weighted by Crippen LogP contribution is 2.15. The van der Waals surface area contributed by atoms with E-state index in [0.29, 0.717) is 11.3 Å². The molecule has 29 heavy (non-hydrogen) atoms. The summed E-state index contributed by atoms with van der Waals surface area (Å²) in [5.41, 5.74) is 1.78. The lowest BCUT2D eigenvalue weighted by Gasteiger charge is -2.13. The Hall–Kier alpha value is -3.00. The first kappa shape index (κ1) is 22.3. The first-order chi connectivity index (χ1) is 13.6. The minimum Gasteiger partial charge on any atom is -0.454 e. The van der Waals surface area contributed by atoms with Gasteiger partial charge in [0, 0.05) is 18.2 Å². The molecule has 0 heterocycles. The molecule has 0 bridgehead atoms. The summed E-state index contributed by atoms with van der Waals surface area (Å²) < 4.78 is 29.7. The molecule has 2 rings (SSSR count). The van der Waals surface area contributed by atoms with E-state index in [1.165, 1.54) is 38.1 Å². The lowest BCUT2D eigenvalue weighted by atomic mass is 10.1. The van der Waals surface area contributed by atoms with Crippen molar-refractivity contribution in [3.63, 3.8) is 0 Å². The number of hydrogen-bond donors (Lipinski definition) is 1. The van der Waals surface area contributed by atoms with Gasteiger partial charge in [-0.1, -0.05) is 17.7 Å². The second-order valence-corrected chi connectivity index (χ2v) is 8.75. The van der Waals surface area contributed by atoms with E-state index >= 15 is 0 Å². The zero-order valence-corrected chi connectivity index (χ0v) is 17.3. The Labute approximate surface area is 170 Å². The molecule has 0 spiro atoms. The monoisotopic (exact) mass is 417 g/mol. The van der Waals surface area contributed by atoms with E-state index in [9.17, 15) is 22.8 Å². The quantitative estimate of drug-likeness (QED) is 0.523. The van der Waals surface area contributed by atoms with Crippen LogP contribution in [0.3, 0.4) is 0 Å². The summed E-state index contributed by atoms with van der Waals surface area (Å²) in [7, 11) is -3.62. The average molecular weight is 417 g/mol. The third-order valence-electron chi connectivity index (χ3n) is 4.12. The van der Waals surface area contributed by atoms with Gasteiger partial charge >= 0.3 is 5.97 Å². The number of carbonyl (C=O) groups excluding carboxylic acids is 3. The number of amides is 1. The molecule has 0 aliphatic carbocycles. The van der Waals surface area contributed by atoms with E-state index in [0.717, 1.165) is 5.56 Å². The molecule has 8 heteroatoms. The van der Waals surface area contributed by atoms with Crippen molar-refractivity contribution in [3.05, 3.63) is 59.7 Å². The summed E-state index contributed by atoms with van der Waals surface area (Å²) in [5, 5.41) is 2.59. The summed E-state index contributed by atoms with van der Waals surface area (Å²) in [6.45, 7) is 4.65. The van der Waals surface area contributed by atoms with Gasteiger partial charge in [0.25, 0.3) is 0 Å². The van der Waals surface area contributed by atoms with Gasteiger partial charge in [-0.2, -0.15) is 0 Å². The summed E-state index contributed by atoms with van der Waals surface area (Å²) in [4.78, 5) is 35.6. The van der Waals surface area contributed by atoms with Crippen LogP contribution < -0.4 is 5.32 Å². The van der Waals surface area contributed by atoms with Crippen molar-refractivity contribution in [1.29, 1.82) is 0 Å². The smallest absolute Gasteiger partial charge is 0.307 e. The number of hydrogen-bond acceptors (Lipinski definition) is 6. The Balaban J connectivity index is 1.91. The van der Waals surface area contributed by atoms with Gasteiger partial charge in [-0.15, -0.1) is 0 Å². The van der Waals surface area contributed by atoms with E-state index < -0.39 is 33.4 Å². The normalized spacial score (nSPS) is 12.1. The van der Waals surface area contributed by atoms with Gasteiger partial charge in [-0.3, -0.25) is 14.4 Å². The molecule has 0 unspecified atom stereocenters. The van der Waals surface area contributed by atoms with Gasteiger partial charge in [0.15, 0.2) is 15.9 Å². The molecule has 0 fully saturated rings. The van der Waals surface area contributed by atoms with Gasteiger partial charge in [-0.25, -0.2) is 8.42 Å². The van der Waals surface area contributed by atoms with Crippen LogP contribution >= 0.6 is 0 Å². The van der Waals surface area contributed by atoms with Gasteiger partial charge < -0.3 is 10.1 Å². The summed E-state index contributed by atoms with van der Waals surface area (Å²) in [6, 6.07) is 12.5.